The Labute approximate surface area is 222 Å². The average Bonchev–Trinajstić information content (AvgIpc) is 3.44. The van der Waals surface area contributed by atoms with E-state index in [9.17, 15) is 19.5 Å². The van der Waals surface area contributed by atoms with Crippen molar-refractivity contribution in [3.8, 4) is 0 Å². The van der Waals surface area contributed by atoms with Crippen molar-refractivity contribution in [2.24, 2.45) is 17.8 Å². The number of fused-ring (bicyclic) bond motifs is 1. The summed E-state index contributed by atoms with van der Waals surface area (Å²) in [5.41, 5.74) is -2.01. The van der Waals surface area contributed by atoms with Crippen LogP contribution in [0.2, 0.25) is 0 Å². The highest BCUT2D eigenvalue weighted by atomic mass is 16.6. The molecule has 2 unspecified atom stereocenters. The number of likely N-dealkylation sites (tertiary alicyclic amines) is 1. The average molecular weight is 519 g/mol. The lowest BCUT2D eigenvalue weighted by Crippen LogP contribution is -2.60. The summed E-state index contributed by atoms with van der Waals surface area (Å²) >= 11 is 0. The van der Waals surface area contributed by atoms with E-state index in [4.69, 9.17) is 9.47 Å². The summed E-state index contributed by atoms with van der Waals surface area (Å²) in [6.07, 6.45) is 8.53. The molecule has 0 aromatic rings. The van der Waals surface area contributed by atoms with Crippen LogP contribution in [0.1, 0.15) is 72.6 Å². The highest BCUT2D eigenvalue weighted by Gasteiger charge is 2.79. The SMILES string of the molecule is C=CCCOC(=O)[C@@H]1[C@H]2C(=O)N([C@@H](CO)[C@@H](C)CC)C(C(=O)N(CC=C)CCCCC)C23CC[C@@]1(C)O3. The van der Waals surface area contributed by atoms with Gasteiger partial charge in [0.25, 0.3) is 0 Å². The Morgan fingerprint density at radius 1 is 1.27 bits per heavy atom. The number of nitrogens with zero attached hydrogens (tertiary/aromatic N) is 2. The van der Waals surface area contributed by atoms with Gasteiger partial charge in [0.15, 0.2) is 0 Å². The number of hydrogen-bond acceptors (Lipinski definition) is 6. The van der Waals surface area contributed by atoms with Crippen LogP contribution in [0.25, 0.3) is 0 Å². The van der Waals surface area contributed by atoms with E-state index in [0.717, 1.165) is 25.7 Å². The van der Waals surface area contributed by atoms with Crippen molar-refractivity contribution in [2.45, 2.75) is 95.9 Å². The van der Waals surface area contributed by atoms with Gasteiger partial charge in [-0.2, -0.15) is 0 Å². The molecule has 0 radical (unpaired) electrons. The summed E-state index contributed by atoms with van der Waals surface area (Å²) in [4.78, 5) is 45.3. The van der Waals surface area contributed by atoms with E-state index in [2.05, 4.69) is 20.1 Å². The van der Waals surface area contributed by atoms with Crippen LogP contribution in [0.3, 0.4) is 0 Å². The molecule has 3 rings (SSSR count). The van der Waals surface area contributed by atoms with Gasteiger partial charge in [0, 0.05) is 13.1 Å². The zero-order valence-electron chi connectivity index (χ0n) is 23.1. The highest BCUT2D eigenvalue weighted by molar-refractivity contribution is 5.98. The number of hydrogen-bond donors (Lipinski definition) is 1. The fourth-order valence-electron chi connectivity index (χ4n) is 6.68. The third-order valence-electron chi connectivity index (χ3n) is 8.81. The quantitative estimate of drug-likeness (QED) is 0.203. The first-order valence-electron chi connectivity index (χ1n) is 14.0. The molecule has 0 saturated carbocycles. The second kappa shape index (κ2) is 12.1. The summed E-state index contributed by atoms with van der Waals surface area (Å²) < 4.78 is 12.2. The number of unbranched alkanes of at least 4 members (excludes halogenated alkanes) is 2. The number of carbonyl (C=O) groups excluding carboxylic acids is 3. The van der Waals surface area contributed by atoms with Crippen molar-refractivity contribution < 1.29 is 29.0 Å². The molecule has 3 aliphatic heterocycles. The second-order valence-corrected chi connectivity index (χ2v) is 11.1. The van der Waals surface area contributed by atoms with E-state index in [0.29, 0.717) is 32.4 Å². The Kier molecular flexibility index (Phi) is 9.62. The molecule has 7 atom stereocenters. The van der Waals surface area contributed by atoms with Gasteiger partial charge >= 0.3 is 5.97 Å². The molecule has 1 spiro atoms. The minimum atomic E-state index is -1.13. The monoisotopic (exact) mass is 518 g/mol. The number of esters is 1. The predicted octanol–water partition coefficient (Wildman–Crippen LogP) is 3.48. The smallest absolute Gasteiger partial charge is 0.312 e. The molecule has 0 aliphatic carbocycles. The van der Waals surface area contributed by atoms with Crippen LogP contribution in [0.15, 0.2) is 25.3 Å². The van der Waals surface area contributed by atoms with Gasteiger partial charge in [0.05, 0.1) is 30.8 Å². The van der Waals surface area contributed by atoms with E-state index in [1.165, 1.54) is 0 Å². The summed E-state index contributed by atoms with van der Waals surface area (Å²) in [7, 11) is 0. The van der Waals surface area contributed by atoms with E-state index in [-0.39, 0.29) is 30.9 Å². The summed E-state index contributed by atoms with van der Waals surface area (Å²) in [5.74, 6) is -2.62. The molecule has 37 heavy (non-hydrogen) atoms. The normalized spacial score (nSPS) is 31.6. The van der Waals surface area contributed by atoms with Crippen LogP contribution in [0, 0.1) is 17.8 Å². The van der Waals surface area contributed by atoms with Gasteiger partial charge in [0.1, 0.15) is 17.6 Å². The molecule has 3 fully saturated rings. The Morgan fingerprint density at radius 3 is 2.59 bits per heavy atom. The molecule has 0 aromatic heterocycles. The Morgan fingerprint density at radius 2 is 2.00 bits per heavy atom. The largest absolute Gasteiger partial charge is 0.465 e. The van der Waals surface area contributed by atoms with Crippen LogP contribution >= 0.6 is 0 Å². The maximum absolute atomic E-state index is 14.3. The zero-order chi connectivity index (χ0) is 27.4. The maximum atomic E-state index is 14.3. The topological polar surface area (TPSA) is 96.4 Å². The lowest BCUT2D eigenvalue weighted by atomic mass is 9.66. The number of ether oxygens (including phenoxy) is 2. The van der Waals surface area contributed by atoms with Crippen LogP contribution in [-0.4, -0.2) is 82.3 Å². The molecule has 3 aliphatic rings. The highest BCUT2D eigenvalue weighted by Crippen LogP contribution is 2.64. The van der Waals surface area contributed by atoms with Crippen molar-refractivity contribution in [3.63, 3.8) is 0 Å². The van der Waals surface area contributed by atoms with Crippen LogP contribution < -0.4 is 0 Å². The van der Waals surface area contributed by atoms with Gasteiger partial charge in [-0.25, -0.2) is 0 Å². The van der Waals surface area contributed by atoms with Gasteiger partial charge in [0.2, 0.25) is 11.8 Å². The third-order valence-corrected chi connectivity index (χ3v) is 8.81. The molecule has 1 N–H and O–H groups in total. The van der Waals surface area contributed by atoms with E-state index < -0.39 is 41.1 Å². The molecule has 3 heterocycles. The third kappa shape index (κ3) is 5.11. The van der Waals surface area contributed by atoms with Crippen LogP contribution in [-0.2, 0) is 23.9 Å². The van der Waals surface area contributed by atoms with Crippen molar-refractivity contribution in [1.82, 2.24) is 9.80 Å². The fourth-order valence-corrected chi connectivity index (χ4v) is 6.68. The lowest BCUT2D eigenvalue weighted by Gasteiger charge is -2.41. The molecule has 2 bridgehead atoms. The zero-order valence-corrected chi connectivity index (χ0v) is 23.1. The van der Waals surface area contributed by atoms with Crippen LogP contribution in [0.4, 0.5) is 0 Å². The molecule has 8 heteroatoms. The van der Waals surface area contributed by atoms with E-state index in [1.54, 1.807) is 22.0 Å². The maximum Gasteiger partial charge on any atom is 0.312 e. The molecule has 3 saturated heterocycles. The number of rotatable bonds is 15. The van der Waals surface area contributed by atoms with Crippen LogP contribution in [0.5, 0.6) is 0 Å². The first kappa shape index (κ1) is 29.4. The molecular weight excluding hydrogens is 472 g/mol. The van der Waals surface area contributed by atoms with Crippen molar-refractivity contribution in [1.29, 1.82) is 0 Å². The number of carbonyl (C=O) groups is 3. The van der Waals surface area contributed by atoms with Gasteiger partial charge in [-0.3, -0.25) is 14.4 Å². The first-order chi connectivity index (χ1) is 17.7. The molecule has 0 aromatic carbocycles. The number of aliphatic hydroxyl groups is 1. The molecule has 2 amide bonds. The standard InChI is InChI=1S/C29H46N2O6/c1-7-11-13-17-30(16-9-3)26(34)24-29-15-14-28(6,37-29)23(27(35)36-18-12-8-2)22(29)25(33)31(24)21(19-32)20(5)10-4/h8-9,20-24,32H,2-3,7,10-19H2,1,4-6H3/t20-,21-,22-,23-,24?,28+,29?/m0/s1. The molecule has 8 nitrogen and oxygen atoms in total. The minimum Gasteiger partial charge on any atom is -0.465 e. The van der Waals surface area contributed by atoms with E-state index in [1.807, 2.05) is 20.8 Å². The Balaban J connectivity index is 2.07. The number of amides is 2. The van der Waals surface area contributed by atoms with Gasteiger partial charge in [-0.1, -0.05) is 52.2 Å². The first-order valence-corrected chi connectivity index (χ1v) is 14.0. The molecular formula is C29H46N2O6. The predicted molar refractivity (Wildman–Crippen MR) is 141 cm³/mol. The number of aliphatic hydroxyl groups excluding tert-OH is 1. The molecule has 208 valence electrons. The van der Waals surface area contributed by atoms with Crippen molar-refractivity contribution in [2.75, 3.05) is 26.3 Å². The van der Waals surface area contributed by atoms with Gasteiger partial charge < -0.3 is 24.4 Å². The van der Waals surface area contributed by atoms with Crippen molar-refractivity contribution >= 4 is 17.8 Å². The van der Waals surface area contributed by atoms with E-state index >= 15 is 0 Å². The summed E-state index contributed by atoms with van der Waals surface area (Å²) in [6, 6.07) is -1.47. The fraction of sp³-hybridized carbons (Fsp3) is 0.759. The lowest BCUT2D eigenvalue weighted by molar-refractivity contribution is -0.162. The van der Waals surface area contributed by atoms with Gasteiger partial charge in [-0.15, -0.1) is 13.2 Å². The summed E-state index contributed by atoms with van der Waals surface area (Å²) in [5, 5.41) is 10.4. The summed E-state index contributed by atoms with van der Waals surface area (Å²) in [6.45, 7) is 16.3. The van der Waals surface area contributed by atoms with Crippen molar-refractivity contribution in [3.05, 3.63) is 25.3 Å². The van der Waals surface area contributed by atoms with Gasteiger partial charge in [-0.05, 0) is 38.5 Å². The minimum absolute atomic E-state index is 0.0433. The second-order valence-electron chi connectivity index (χ2n) is 11.1. The Hall–Kier alpha value is -2.19. The Bertz CT molecular complexity index is 876.